The van der Waals surface area contributed by atoms with Crippen LogP contribution in [-0.4, -0.2) is 24.8 Å². The summed E-state index contributed by atoms with van der Waals surface area (Å²) in [4.78, 5) is 16.1. The molecule has 1 atom stereocenters. The van der Waals surface area contributed by atoms with Crippen LogP contribution in [0.15, 0.2) is 29.3 Å². The van der Waals surface area contributed by atoms with E-state index in [9.17, 15) is 18.0 Å². The number of ether oxygens (including phenoxy) is 1. The van der Waals surface area contributed by atoms with Gasteiger partial charge in [0.2, 0.25) is 0 Å². The van der Waals surface area contributed by atoms with Gasteiger partial charge in [0, 0.05) is 6.54 Å². The fourth-order valence-corrected chi connectivity index (χ4v) is 1.99. The zero-order valence-electron chi connectivity index (χ0n) is 11.4. The van der Waals surface area contributed by atoms with Crippen LogP contribution in [0.25, 0.3) is 0 Å². The van der Waals surface area contributed by atoms with Crippen molar-refractivity contribution in [3.8, 4) is 5.75 Å². The molecule has 0 saturated carbocycles. The topological polar surface area (TPSA) is 62.7 Å². The van der Waals surface area contributed by atoms with E-state index >= 15 is 0 Å². The summed E-state index contributed by atoms with van der Waals surface area (Å²) in [5.41, 5.74) is -0.569. The van der Waals surface area contributed by atoms with Crippen molar-refractivity contribution in [1.29, 1.82) is 0 Å². The van der Waals surface area contributed by atoms with Gasteiger partial charge in [-0.25, -0.2) is 0 Å². The van der Waals surface area contributed by atoms with E-state index in [1.165, 1.54) is 12.1 Å². The first-order valence-electron chi connectivity index (χ1n) is 6.25. The van der Waals surface area contributed by atoms with Crippen molar-refractivity contribution in [1.82, 2.24) is 10.6 Å². The number of alkyl halides is 3. The maximum atomic E-state index is 12.1. The quantitative estimate of drug-likeness (QED) is 0.896. The Morgan fingerprint density at radius 3 is 2.43 bits per heavy atom. The lowest BCUT2D eigenvalue weighted by molar-refractivity contribution is -0.274. The van der Waals surface area contributed by atoms with E-state index in [0.717, 1.165) is 12.1 Å². The van der Waals surface area contributed by atoms with Crippen molar-refractivity contribution in [2.45, 2.75) is 25.7 Å². The summed E-state index contributed by atoms with van der Waals surface area (Å²) < 4.78 is 40.1. The van der Waals surface area contributed by atoms with E-state index in [-0.39, 0.29) is 11.7 Å². The van der Waals surface area contributed by atoms with E-state index in [1.54, 1.807) is 6.92 Å². The molecular formula is C13H14F3N3O2. The highest BCUT2D eigenvalue weighted by Crippen LogP contribution is 2.28. The van der Waals surface area contributed by atoms with Crippen molar-refractivity contribution < 1.29 is 22.7 Å². The van der Waals surface area contributed by atoms with E-state index in [1.807, 2.05) is 6.92 Å². The minimum Gasteiger partial charge on any atom is -0.406 e. The normalized spacial score (nSPS) is 23.9. The average Bonchev–Trinajstić information content (AvgIpc) is 2.65. The molecule has 0 radical (unpaired) electrons. The number of hydrogen-bond acceptors (Lipinski definition) is 3. The fraction of sp³-hybridized carbons (Fsp3) is 0.385. The van der Waals surface area contributed by atoms with Gasteiger partial charge in [0.05, 0.1) is 0 Å². The van der Waals surface area contributed by atoms with Crippen molar-refractivity contribution in [2.75, 3.05) is 6.54 Å². The minimum atomic E-state index is -4.74. The van der Waals surface area contributed by atoms with E-state index in [2.05, 4.69) is 20.4 Å². The first kappa shape index (κ1) is 15.1. The summed E-state index contributed by atoms with van der Waals surface area (Å²) in [6, 6.07) is 5.14. The van der Waals surface area contributed by atoms with E-state index < -0.39 is 11.9 Å². The number of nitrogens with one attached hydrogen (secondary N) is 2. The molecule has 1 fully saturated rings. The smallest absolute Gasteiger partial charge is 0.406 e. The lowest BCUT2D eigenvalue weighted by Gasteiger charge is -2.22. The molecule has 0 spiro atoms. The number of amides is 1. The number of carbonyl (C=O) groups is 1. The van der Waals surface area contributed by atoms with Gasteiger partial charge in [0.25, 0.3) is 5.91 Å². The van der Waals surface area contributed by atoms with Crippen LogP contribution in [0, 0.1) is 0 Å². The predicted octanol–water partition coefficient (Wildman–Crippen LogP) is 1.90. The van der Waals surface area contributed by atoms with Gasteiger partial charge in [-0.3, -0.25) is 15.1 Å². The number of benzene rings is 1. The predicted molar refractivity (Wildman–Crippen MR) is 69.7 cm³/mol. The van der Waals surface area contributed by atoms with Crippen LogP contribution in [0.2, 0.25) is 0 Å². The highest BCUT2D eigenvalue weighted by molar-refractivity contribution is 6.09. The molecule has 8 heteroatoms. The Balaban J connectivity index is 2.22. The van der Waals surface area contributed by atoms with E-state index in [0.29, 0.717) is 18.1 Å². The molecular weight excluding hydrogens is 287 g/mol. The lowest BCUT2D eigenvalue weighted by atomic mass is 9.92. The van der Waals surface area contributed by atoms with Gasteiger partial charge < -0.3 is 10.1 Å². The summed E-state index contributed by atoms with van der Waals surface area (Å²) >= 11 is 0. The van der Waals surface area contributed by atoms with Crippen molar-refractivity contribution >= 4 is 11.9 Å². The Bertz CT molecular complexity index is 569. The minimum absolute atomic E-state index is 0.320. The average molecular weight is 301 g/mol. The maximum absolute atomic E-state index is 12.1. The molecule has 114 valence electrons. The summed E-state index contributed by atoms with van der Waals surface area (Å²) in [6.45, 7) is 3.94. The molecule has 5 nitrogen and oxygen atoms in total. The summed E-state index contributed by atoms with van der Waals surface area (Å²) in [7, 11) is 0. The molecule has 1 unspecified atom stereocenters. The van der Waals surface area contributed by atoms with Crippen LogP contribution in [0.5, 0.6) is 5.75 Å². The number of rotatable bonds is 3. The van der Waals surface area contributed by atoms with Crippen molar-refractivity contribution in [3.05, 3.63) is 29.8 Å². The highest BCUT2D eigenvalue weighted by Gasteiger charge is 2.42. The molecule has 1 aliphatic rings. The first-order valence-corrected chi connectivity index (χ1v) is 6.25. The molecule has 0 aliphatic carbocycles. The molecule has 0 bridgehead atoms. The van der Waals surface area contributed by atoms with Gasteiger partial charge in [0.15, 0.2) is 5.96 Å². The molecule has 2 N–H and O–H groups in total. The largest absolute Gasteiger partial charge is 0.573 e. The molecule has 1 saturated heterocycles. The first-order chi connectivity index (χ1) is 9.74. The van der Waals surface area contributed by atoms with Crippen LogP contribution in [0.1, 0.15) is 19.4 Å². The number of guanidine groups is 1. The van der Waals surface area contributed by atoms with Gasteiger partial charge in [-0.2, -0.15) is 0 Å². The fourth-order valence-electron chi connectivity index (χ4n) is 1.99. The van der Waals surface area contributed by atoms with Crippen LogP contribution in [0.3, 0.4) is 0 Å². The standard InChI is InChI=1S/C13H14F3N3O2/c1-3-17-11-18-10(20)12(2,19-11)8-4-6-9(7-5-8)21-13(14,15)16/h4-7H,3H2,1-2H3,(H2,17,18,19,20). The van der Waals surface area contributed by atoms with Gasteiger partial charge >= 0.3 is 6.36 Å². The SMILES string of the molecule is CCN=C1NC(=O)C(C)(c2ccc(OC(F)(F)F)cc2)N1. The van der Waals surface area contributed by atoms with Crippen LogP contribution in [0.4, 0.5) is 13.2 Å². The molecule has 0 aromatic heterocycles. The van der Waals surface area contributed by atoms with Crippen LogP contribution in [-0.2, 0) is 10.3 Å². The summed E-state index contributed by atoms with van der Waals surface area (Å²) in [5.74, 6) is -0.310. The molecule has 21 heavy (non-hydrogen) atoms. The second-order valence-electron chi connectivity index (χ2n) is 4.60. The van der Waals surface area contributed by atoms with Gasteiger partial charge in [0.1, 0.15) is 11.3 Å². The molecule has 1 aromatic rings. The Labute approximate surface area is 119 Å². The molecule has 1 aromatic carbocycles. The Hall–Kier alpha value is -2.25. The Kier molecular flexibility index (Phi) is 3.80. The maximum Gasteiger partial charge on any atom is 0.573 e. The second-order valence-corrected chi connectivity index (χ2v) is 4.60. The number of carbonyl (C=O) groups excluding carboxylic acids is 1. The molecule has 1 aliphatic heterocycles. The monoisotopic (exact) mass is 301 g/mol. The third-order valence-corrected chi connectivity index (χ3v) is 3.04. The second kappa shape index (κ2) is 5.27. The zero-order valence-corrected chi connectivity index (χ0v) is 11.4. The number of nitrogens with zero attached hydrogens (tertiary/aromatic N) is 1. The third kappa shape index (κ3) is 3.26. The summed E-state index contributed by atoms with van der Waals surface area (Å²) in [5, 5.41) is 5.51. The van der Waals surface area contributed by atoms with Gasteiger partial charge in [-0.05, 0) is 31.5 Å². The molecule has 1 heterocycles. The van der Waals surface area contributed by atoms with Gasteiger partial charge in [-0.15, -0.1) is 13.2 Å². The zero-order chi connectivity index (χ0) is 15.7. The number of halogens is 3. The molecule has 2 rings (SSSR count). The van der Waals surface area contributed by atoms with Crippen molar-refractivity contribution in [3.63, 3.8) is 0 Å². The summed E-state index contributed by atoms with van der Waals surface area (Å²) in [6.07, 6.45) is -4.74. The van der Waals surface area contributed by atoms with E-state index in [4.69, 9.17) is 0 Å². The number of hydrogen-bond donors (Lipinski definition) is 2. The van der Waals surface area contributed by atoms with Crippen LogP contribution >= 0.6 is 0 Å². The Morgan fingerprint density at radius 1 is 1.29 bits per heavy atom. The number of aliphatic imine (C=N–C) groups is 1. The highest BCUT2D eigenvalue weighted by atomic mass is 19.4. The lowest BCUT2D eigenvalue weighted by Crippen LogP contribution is -2.40. The van der Waals surface area contributed by atoms with Crippen LogP contribution < -0.4 is 15.4 Å². The van der Waals surface area contributed by atoms with Gasteiger partial charge in [-0.1, -0.05) is 12.1 Å². The Morgan fingerprint density at radius 2 is 1.90 bits per heavy atom. The van der Waals surface area contributed by atoms with Crippen molar-refractivity contribution in [2.24, 2.45) is 4.99 Å². The molecule has 1 amide bonds. The third-order valence-electron chi connectivity index (χ3n) is 3.04.